The molecule has 4 rings (SSSR count). The van der Waals surface area contributed by atoms with Gasteiger partial charge < -0.3 is 14.7 Å². The topological polar surface area (TPSA) is 87.2 Å². The van der Waals surface area contributed by atoms with Crippen LogP contribution in [0, 0.1) is 29.1 Å². The zero-order chi connectivity index (χ0) is 25.3. The molecule has 1 aromatic rings. The lowest BCUT2D eigenvalue weighted by molar-refractivity contribution is -0.133. The van der Waals surface area contributed by atoms with Crippen LogP contribution < -0.4 is 4.90 Å². The van der Waals surface area contributed by atoms with Gasteiger partial charge in [0.15, 0.2) is 0 Å². The Morgan fingerprint density at radius 2 is 1.89 bits per heavy atom. The molecule has 0 bridgehead atoms. The Labute approximate surface area is 211 Å². The number of rotatable bonds is 5. The molecular formula is C27H36N2O5S. The molecule has 1 aromatic heterocycles. The molecule has 2 amide bonds. The summed E-state index contributed by atoms with van der Waals surface area (Å²) in [5.74, 6) is 5.28. The van der Waals surface area contributed by atoms with Gasteiger partial charge in [0.05, 0.1) is 23.2 Å². The molecule has 2 aliphatic heterocycles. The third-order valence-corrected chi connectivity index (χ3v) is 8.23. The smallest absolute Gasteiger partial charge is 0.348 e. The van der Waals surface area contributed by atoms with Crippen LogP contribution in [0.5, 0.6) is 0 Å². The van der Waals surface area contributed by atoms with Gasteiger partial charge in [0.25, 0.3) is 0 Å². The van der Waals surface area contributed by atoms with E-state index in [-0.39, 0.29) is 34.1 Å². The largest absolute Gasteiger partial charge is 0.477 e. The first kappa shape index (κ1) is 25.7. The maximum atomic E-state index is 14.0. The Kier molecular flexibility index (Phi) is 7.58. The second-order valence-electron chi connectivity index (χ2n) is 11.1. The Bertz CT molecular complexity index is 1030. The molecule has 3 aliphatic rings. The van der Waals surface area contributed by atoms with Crippen LogP contribution in [0.3, 0.4) is 0 Å². The van der Waals surface area contributed by atoms with Crippen LogP contribution in [-0.2, 0) is 14.3 Å². The third kappa shape index (κ3) is 5.73. The van der Waals surface area contributed by atoms with Crippen LogP contribution in [0.1, 0.15) is 80.8 Å². The standard InChI is InChI=1S/C27H36N2O5S/c1-17-5-7-18(8-6-17)24(30)29(21-10-13-28(25(21)31)19-11-14-34-16-19)22-15-20(9-12-27(2,3)4)35-23(22)26(32)33/h15,17-19,21H,5-8,10-11,13-14,16H2,1-4H3,(H,32,33)/t17-,18-,19-,21-/m0/s1. The van der Waals surface area contributed by atoms with Crippen molar-refractivity contribution in [2.24, 2.45) is 17.3 Å². The van der Waals surface area contributed by atoms with Gasteiger partial charge in [0.2, 0.25) is 11.8 Å². The Morgan fingerprint density at radius 1 is 1.17 bits per heavy atom. The molecule has 1 N–H and O–H groups in total. The monoisotopic (exact) mass is 500 g/mol. The van der Waals surface area contributed by atoms with Crippen molar-refractivity contribution >= 4 is 34.8 Å². The number of anilines is 1. The first-order chi connectivity index (χ1) is 16.5. The lowest BCUT2D eigenvalue weighted by Gasteiger charge is -2.34. The van der Waals surface area contributed by atoms with Crippen molar-refractivity contribution in [3.05, 3.63) is 15.8 Å². The maximum Gasteiger partial charge on any atom is 0.348 e. The van der Waals surface area contributed by atoms with Gasteiger partial charge >= 0.3 is 5.97 Å². The van der Waals surface area contributed by atoms with Crippen molar-refractivity contribution in [1.82, 2.24) is 4.90 Å². The van der Waals surface area contributed by atoms with Crippen molar-refractivity contribution in [1.29, 1.82) is 0 Å². The first-order valence-corrected chi connectivity index (χ1v) is 13.5. The molecule has 2 atom stereocenters. The highest BCUT2D eigenvalue weighted by Gasteiger charge is 2.45. The van der Waals surface area contributed by atoms with Crippen molar-refractivity contribution in [2.45, 2.75) is 78.3 Å². The summed E-state index contributed by atoms with van der Waals surface area (Å²) in [5, 5.41) is 10.0. The highest BCUT2D eigenvalue weighted by Crippen LogP contribution is 2.38. The van der Waals surface area contributed by atoms with E-state index in [2.05, 4.69) is 18.8 Å². The number of carbonyl (C=O) groups excluding carboxylic acids is 2. The van der Waals surface area contributed by atoms with Gasteiger partial charge in [-0.05, 0) is 71.3 Å². The van der Waals surface area contributed by atoms with Crippen LogP contribution in [0.15, 0.2) is 6.07 Å². The fourth-order valence-corrected chi connectivity index (χ4v) is 6.07. The number of carboxylic acid groups (broad SMARTS) is 1. The Balaban J connectivity index is 1.72. The van der Waals surface area contributed by atoms with Crippen LogP contribution in [0.4, 0.5) is 5.69 Å². The van der Waals surface area contributed by atoms with E-state index in [4.69, 9.17) is 4.74 Å². The minimum absolute atomic E-state index is 0.0228. The summed E-state index contributed by atoms with van der Waals surface area (Å²) in [7, 11) is 0. The summed E-state index contributed by atoms with van der Waals surface area (Å²) in [4.78, 5) is 43.8. The summed E-state index contributed by atoms with van der Waals surface area (Å²) in [6, 6.07) is 1.03. The molecule has 7 nitrogen and oxygen atoms in total. The van der Waals surface area contributed by atoms with Crippen molar-refractivity contribution in [3.63, 3.8) is 0 Å². The molecule has 2 saturated heterocycles. The predicted molar refractivity (Wildman–Crippen MR) is 136 cm³/mol. The molecule has 3 heterocycles. The summed E-state index contributed by atoms with van der Waals surface area (Å²) < 4.78 is 5.49. The number of carboxylic acids is 1. The number of ether oxygens (including phenoxy) is 1. The first-order valence-electron chi connectivity index (χ1n) is 12.7. The van der Waals surface area contributed by atoms with E-state index >= 15 is 0 Å². The minimum Gasteiger partial charge on any atom is -0.477 e. The lowest BCUT2D eigenvalue weighted by Crippen LogP contribution is -2.50. The van der Waals surface area contributed by atoms with Crippen LogP contribution in [-0.4, -0.2) is 59.6 Å². The molecule has 3 fully saturated rings. The summed E-state index contributed by atoms with van der Waals surface area (Å²) in [5.41, 5.74) is 0.0693. The van der Waals surface area contributed by atoms with Gasteiger partial charge in [-0.15, -0.1) is 11.3 Å². The third-order valence-electron chi connectivity index (χ3n) is 7.20. The predicted octanol–water partition coefficient (Wildman–Crippen LogP) is 4.39. The van der Waals surface area contributed by atoms with E-state index < -0.39 is 12.0 Å². The van der Waals surface area contributed by atoms with E-state index in [0.29, 0.717) is 42.7 Å². The SMILES string of the molecule is CC(C)(C)C#Cc1cc(N(C(=O)[C@H]2CC[C@H](C)CC2)[C@H]2CCN([C@H]3CCOC3)C2=O)c(C(=O)O)s1. The Morgan fingerprint density at radius 3 is 2.49 bits per heavy atom. The van der Waals surface area contributed by atoms with Gasteiger partial charge in [0.1, 0.15) is 10.9 Å². The van der Waals surface area contributed by atoms with Gasteiger partial charge in [-0.25, -0.2) is 4.79 Å². The number of hydrogen-bond donors (Lipinski definition) is 1. The lowest BCUT2D eigenvalue weighted by atomic mass is 9.82. The molecule has 0 unspecified atom stereocenters. The quantitative estimate of drug-likeness (QED) is 0.606. The molecule has 1 aliphatic carbocycles. The molecule has 8 heteroatoms. The molecule has 35 heavy (non-hydrogen) atoms. The van der Waals surface area contributed by atoms with Gasteiger partial charge in [0, 0.05) is 24.5 Å². The average Bonchev–Trinajstić information content (AvgIpc) is 3.53. The van der Waals surface area contributed by atoms with Crippen LogP contribution in [0.2, 0.25) is 0 Å². The molecule has 0 aromatic carbocycles. The zero-order valence-corrected chi connectivity index (χ0v) is 22.0. The normalized spacial score (nSPS) is 27.0. The number of likely N-dealkylation sites (tertiary alicyclic amines) is 1. The summed E-state index contributed by atoms with van der Waals surface area (Å²) >= 11 is 1.08. The van der Waals surface area contributed by atoms with Gasteiger partial charge in [-0.1, -0.05) is 18.8 Å². The van der Waals surface area contributed by atoms with Crippen LogP contribution in [0.25, 0.3) is 0 Å². The van der Waals surface area contributed by atoms with E-state index in [1.807, 2.05) is 25.7 Å². The van der Waals surface area contributed by atoms with Gasteiger partial charge in [-0.2, -0.15) is 0 Å². The maximum absolute atomic E-state index is 14.0. The number of thiophene rings is 1. The summed E-state index contributed by atoms with van der Waals surface area (Å²) in [6.07, 6.45) is 4.74. The molecule has 190 valence electrons. The average molecular weight is 501 g/mol. The molecular weight excluding hydrogens is 464 g/mol. The number of carbonyl (C=O) groups is 3. The zero-order valence-electron chi connectivity index (χ0n) is 21.1. The highest BCUT2D eigenvalue weighted by molar-refractivity contribution is 7.15. The van der Waals surface area contributed by atoms with E-state index in [0.717, 1.165) is 43.4 Å². The highest BCUT2D eigenvalue weighted by atomic mass is 32.1. The van der Waals surface area contributed by atoms with Crippen LogP contribution >= 0.6 is 11.3 Å². The Hall–Kier alpha value is -2.37. The second-order valence-corrected chi connectivity index (χ2v) is 12.2. The fraction of sp³-hybridized carbons (Fsp3) is 0.667. The second kappa shape index (κ2) is 10.3. The van der Waals surface area contributed by atoms with E-state index in [9.17, 15) is 19.5 Å². The molecule has 0 radical (unpaired) electrons. The van der Waals surface area contributed by atoms with Gasteiger partial charge in [-0.3, -0.25) is 14.5 Å². The van der Waals surface area contributed by atoms with Crippen molar-refractivity contribution in [2.75, 3.05) is 24.7 Å². The van der Waals surface area contributed by atoms with E-state index in [1.54, 1.807) is 6.07 Å². The van der Waals surface area contributed by atoms with E-state index in [1.165, 1.54) is 4.90 Å². The van der Waals surface area contributed by atoms with Crippen molar-refractivity contribution in [3.8, 4) is 11.8 Å². The van der Waals surface area contributed by atoms with Crippen molar-refractivity contribution < 1.29 is 24.2 Å². The number of aromatic carboxylic acids is 1. The number of hydrogen-bond acceptors (Lipinski definition) is 5. The number of amides is 2. The fourth-order valence-electron chi connectivity index (χ4n) is 5.22. The number of nitrogens with zero attached hydrogens (tertiary/aromatic N) is 2. The molecule has 1 saturated carbocycles. The molecule has 0 spiro atoms. The summed E-state index contributed by atoms with van der Waals surface area (Å²) in [6.45, 7) is 9.86. The minimum atomic E-state index is -1.10.